The van der Waals surface area contributed by atoms with Crippen LogP contribution in [0.4, 0.5) is 0 Å². The number of pyridine rings is 1. The van der Waals surface area contributed by atoms with Crippen molar-refractivity contribution in [3.05, 3.63) is 30.1 Å². The van der Waals surface area contributed by atoms with Crippen molar-refractivity contribution in [3.63, 3.8) is 0 Å². The van der Waals surface area contributed by atoms with Gasteiger partial charge in [-0.2, -0.15) is 0 Å². The van der Waals surface area contributed by atoms with Crippen LogP contribution in [0.25, 0.3) is 0 Å². The normalized spacial score (nSPS) is 10.0. The molecule has 0 aliphatic heterocycles. The van der Waals surface area contributed by atoms with E-state index in [0.29, 0.717) is 18.1 Å². The Morgan fingerprint density at radius 1 is 1.47 bits per heavy atom. The number of halogens is 1. The molecule has 0 saturated carbocycles. The highest BCUT2D eigenvalue weighted by atomic mass is 35.5. The highest BCUT2D eigenvalue weighted by Gasteiger charge is 2.14. The second kappa shape index (κ2) is 6.40. The maximum atomic E-state index is 11.9. The molecule has 3 nitrogen and oxygen atoms in total. The van der Waals surface area contributed by atoms with E-state index < -0.39 is 0 Å². The number of hydrogen-bond donors (Lipinski definition) is 0. The van der Waals surface area contributed by atoms with E-state index in [2.05, 4.69) is 4.98 Å². The topological polar surface area (TPSA) is 33.2 Å². The largest absolute Gasteiger partial charge is 0.336 e. The van der Waals surface area contributed by atoms with Gasteiger partial charge in [0.1, 0.15) is 5.69 Å². The molecule has 0 aliphatic rings. The van der Waals surface area contributed by atoms with Gasteiger partial charge in [-0.05, 0) is 18.6 Å². The van der Waals surface area contributed by atoms with E-state index in [9.17, 15) is 4.79 Å². The van der Waals surface area contributed by atoms with Crippen molar-refractivity contribution < 1.29 is 4.79 Å². The molecule has 0 N–H and O–H groups in total. The molecule has 0 radical (unpaired) electrons. The van der Waals surface area contributed by atoms with Crippen molar-refractivity contribution in [1.29, 1.82) is 0 Å². The zero-order valence-corrected chi connectivity index (χ0v) is 9.57. The van der Waals surface area contributed by atoms with Gasteiger partial charge in [-0.25, -0.2) is 0 Å². The summed E-state index contributed by atoms with van der Waals surface area (Å²) in [6.07, 6.45) is 2.55. The van der Waals surface area contributed by atoms with Crippen LogP contribution in [-0.4, -0.2) is 34.8 Å². The molecule has 1 aromatic heterocycles. The van der Waals surface area contributed by atoms with E-state index >= 15 is 0 Å². The zero-order valence-electron chi connectivity index (χ0n) is 8.82. The Morgan fingerprint density at radius 2 is 2.27 bits per heavy atom. The summed E-state index contributed by atoms with van der Waals surface area (Å²) in [6, 6.07) is 5.33. The van der Waals surface area contributed by atoms with E-state index in [-0.39, 0.29) is 5.91 Å². The lowest BCUT2D eigenvalue weighted by atomic mass is 10.3. The van der Waals surface area contributed by atoms with Gasteiger partial charge in [0.15, 0.2) is 0 Å². The number of aromatic nitrogens is 1. The van der Waals surface area contributed by atoms with Crippen LogP contribution >= 0.6 is 11.6 Å². The van der Waals surface area contributed by atoms with Crippen molar-refractivity contribution >= 4 is 17.5 Å². The highest BCUT2D eigenvalue weighted by molar-refractivity contribution is 6.18. The van der Waals surface area contributed by atoms with Crippen LogP contribution in [0.3, 0.4) is 0 Å². The number of carbonyl (C=O) groups is 1. The minimum absolute atomic E-state index is 0.0434. The molecule has 0 aliphatic carbocycles. The quantitative estimate of drug-likeness (QED) is 0.721. The molecule has 1 aromatic rings. The smallest absolute Gasteiger partial charge is 0.272 e. The van der Waals surface area contributed by atoms with Crippen LogP contribution in [0.2, 0.25) is 0 Å². The predicted molar refractivity (Wildman–Crippen MR) is 61.2 cm³/mol. The summed E-state index contributed by atoms with van der Waals surface area (Å²) in [4.78, 5) is 17.7. The Bertz CT molecular complexity index is 297. The summed E-state index contributed by atoms with van der Waals surface area (Å²) >= 11 is 5.65. The summed E-state index contributed by atoms with van der Waals surface area (Å²) in [5, 5.41) is 0. The van der Waals surface area contributed by atoms with E-state index in [0.717, 1.165) is 13.0 Å². The molecule has 0 saturated heterocycles. The van der Waals surface area contributed by atoms with Crippen molar-refractivity contribution in [2.75, 3.05) is 19.0 Å². The second-order valence-electron chi connectivity index (χ2n) is 3.20. The highest BCUT2D eigenvalue weighted by Crippen LogP contribution is 2.02. The SMILES string of the molecule is CCCN(CCCl)C(=O)c1ccccn1. The molecule has 0 bridgehead atoms. The van der Waals surface area contributed by atoms with Crippen molar-refractivity contribution in [1.82, 2.24) is 9.88 Å². The van der Waals surface area contributed by atoms with Gasteiger partial charge in [-0.1, -0.05) is 13.0 Å². The van der Waals surface area contributed by atoms with Gasteiger partial charge >= 0.3 is 0 Å². The van der Waals surface area contributed by atoms with Gasteiger partial charge in [0.2, 0.25) is 0 Å². The molecule has 0 fully saturated rings. The Kier molecular flexibility index (Phi) is 5.12. The number of rotatable bonds is 5. The molecule has 1 amide bonds. The maximum Gasteiger partial charge on any atom is 0.272 e. The van der Waals surface area contributed by atoms with Crippen LogP contribution in [0.1, 0.15) is 23.8 Å². The van der Waals surface area contributed by atoms with Crippen LogP contribution in [0.15, 0.2) is 24.4 Å². The molecule has 0 unspecified atom stereocenters. The third-order valence-electron chi connectivity index (χ3n) is 2.02. The fraction of sp³-hybridized carbons (Fsp3) is 0.455. The molecular weight excluding hydrogens is 212 g/mol. The van der Waals surface area contributed by atoms with Crippen molar-refractivity contribution in [3.8, 4) is 0 Å². The first-order chi connectivity index (χ1) is 7.29. The third-order valence-corrected chi connectivity index (χ3v) is 2.19. The zero-order chi connectivity index (χ0) is 11.1. The molecular formula is C11H15ClN2O. The molecule has 1 rings (SSSR count). The first kappa shape index (κ1) is 12.0. The number of alkyl halides is 1. The van der Waals surface area contributed by atoms with Crippen LogP contribution < -0.4 is 0 Å². The summed E-state index contributed by atoms with van der Waals surface area (Å²) in [5.41, 5.74) is 0.482. The van der Waals surface area contributed by atoms with Gasteiger partial charge in [0.25, 0.3) is 5.91 Å². The van der Waals surface area contributed by atoms with Crippen LogP contribution in [0.5, 0.6) is 0 Å². The molecule has 1 heterocycles. The average molecular weight is 227 g/mol. The third kappa shape index (κ3) is 3.51. The average Bonchev–Trinajstić information content (AvgIpc) is 2.29. The standard InChI is InChI=1S/C11H15ClN2O/c1-2-8-14(9-6-12)11(15)10-5-3-4-7-13-10/h3-5,7H,2,6,8-9H2,1H3. The van der Waals surface area contributed by atoms with Crippen LogP contribution in [-0.2, 0) is 0 Å². The molecule has 15 heavy (non-hydrogen) atoms. The van der Waals surface area contributed by atoms with Crippen molar-refractivity contribution in [2.45, 2.75) is 13.3 Å². The Labute approximate surface area is 95.1 Å². The van der Waals surface area contributed by atoms with Gasteiger partial charge in [0.05, 0.1) is 0 Å². The summed E-state index contributed by atoms with van der Waals surface area (Å²) < 4.78 is 0. The maximum absolute atomic E-state index is 11.9. The predicted octanol–water partition coefficient (Wildman–Crippen LogP) is 2.17. The van der Waals surface area contributed by atoms with Crippen molar-refractivity contribution in [2.24, 2.45) is 0 Å². The molecule has 0 aromatic carbocycles. The number of hydrogen-bond acceptors (Lipinski definition) is 2. The Balaban J connectivity index is 2.71. The number of amides is 1. The van der Waals surface area contributed by atoms with Gasteiger partial charge < -0.3 is 4.90 Å². The summed E-state index contributed by atoms with van der Waals surface area (Å²) in [5.74, 6) is 0.413. The molecule has 0 spiro atoms. The Morgan fingerprint density at radius 3 is 2.80 bits per heavy atom. The van der Waals surface area contributed by atoms with E-state index in [1.807, 2.05) is 13.0 Å². The lowest BCUT2D eigenvalue weighted by Crippen LogP contribution is -2.33. The van der Waals surface area contributed by atoms with Crippen LogP contribution in [0, 0.1) is 0 Å². The van der Waals surface area contributed by atoms with Gasteiger partial charge in [-0.15, -0.1) is 11.6 Å². The van der Waals surface area contributed by atoms with E-state index in [1.165, 1.54) is 0 Å². The Hall–Kier alpha value is -1.09. The van der Waals surface area contributed by atoms with Gasteiger partial charge in [-0.3, -0.25) is 9.78 Å². The fourth-order valence-corrected chi connectivity index (χ4v) is 1.54. The number of nitrogens with zero attached hydrogens (tertiary/aromatic N) is 2. The second-order valence-corrected chi connectivity index (χ2v) is 3.57. The monoisotopic (exact) mass is 226 g/mol. The first-order valence-corrected chi connectivity index (χ1v) is 5.59. The minimum atomic E-state index is -0.0434. The summed E-state index contributed by atoms with van der Waals surface area (Å²) in [6.45, 7) is 3.33. The minimum Gasteiger partial charge on any atom is -0.336 e. The first-order valence-electron chi connectivity index (χ1n) is 5.06. The fourth-order valence-electron chi connectivity index (χ4n) is 1.34. The molecule has 4 heteroatoms. The molecule has 82 valence electrons. The van der Waals surface area contributed by atoms with E-state index in [1.54, 1.807) is 23.2 Å². The van der Waals surface area contributed by atoms with Gasteiger partial charge in [0, 0.05) is 25.2 Å². The molecule has 0 atom stereocenters. The summed E-state index contributed by atoms with van der Waals surface area (Å²) in [7, 11) is 0. The lowest BCUT2D eigenvalue weighted by Gasteiger charge is -2.20. The van der Waals surface area contributed by atoms with E-state index in [4.69, 9.17) is 11.6 Å². The number of carbonyl (C=O) groups excluding carboxylic acids is 1. The lowest BCUT2D eigenvalue weighted by molar-refractivity contribution is 0.0759.